The first-order valence-electron chi connectivity index (χ1n) is 8.80. The largest absolute Gasteiger partial charge is 0.293 e. The second kappa shape index (κ2) is 6.07. The van der Waals surface area contributed by atoms with Crippen LogP contribution in [0, 0.1) is 0 Å². The van der Waals surface area contributed by atoms with Gasteiger partial charge in [0, 0.05) is 44.3 Å². The number of benzene rings is 1. The highest BCUT2D eigenvalue weighted by Crippen LogP contribution is 2.34. The van der Waals surface area contributed by atoms with Crippen molar-refractivity contribution in [3.8, 4) is 0 Å². The van der Waals surface area contributed by atoms with Gasteiger partial charge in [0.05, 0.1) is 0 Å². The Kier molecular flexibility index (Phi) is 4.17. The Morgan fingerprint density at radius 2 is 1.75 bits per heavy atom. The maximum Gasteiger partial charge on any atom is 0.220 e. The Hall–Kier alpha value is -0.990. The first-order chi connectivity index (χ1) is 11.5. The van der Waals surface area contributed by atoms with Crippen molar-refractivity contribution < 1.29 is 8.42 Å². The van der Waals surface area contributed by atoms with E-state index >= 15 is 0 Å². The van der Waals surface area contributed by atoms with E-state index in [1.807, 2.05) is 13.8 Å². The number of hydrogen-bond donors (Lipinski definition) is 2. The van der Waals surface area contributed by atoms with Gasteiger partial charge in [0.1, 0.15) is 5.25 Å². The summed E-state index contributed by atoms with van der Waals surface area (Å²) in [7, 11) is -3.33. The van der Waals surface area contributed by atoms with Crippen LogP contribution in [0.15, 0.2) is 24.3 Å². The number of fused-ring (bicyclic) bond motifs is 3. The van der Waals surface area contributed by atoms with Gasteiger partial charge in [-0.1, -0.05) is 24.3 Å². The van der Waals surface area contributed by atoms with Crippen LogP contribution in [0.5, 0.6) is 0 Å². The standard InChI is InChI=1S/C17H26N4O2S/c1-12-17(13(2)19-18-12)24(22,23)21-10-9-20-8-7-14-5-3-4-6-15(14)16(20)11-21/h3-6,12-13,16-19H,7-11H2,1-2H3. The van der Waals surface area contributed by atoms with E-state index in [2.05, 4.69) is 40.0 Å². The van der Waals surface area contributed by atoms with Gasteiger partial charge >= 0.3 is 0 Å². The Bertz CT molecular complexity index is 713. The minimum atomic E-state index is -3.33. The molecule has 0 aromatic heterocycles. The zero-order valence-corrected chi connectivity index (χ0v) is 15.1. The molecule has 132 valence electrons. The highest BCUT2D eigenvalue weighted by Gasteiger charge is 2.46. The van der Waals surface area contributed by atoms with Gasteiger partial charge in [0.25, 0.3) is 0 Å². The van der Waals surface area contributed by atoms with Crippen LogP contribution in [0.2, 0.25) is 0 Å². The van der Waals surface area contributed by atoms with E-state index in [0.717, 1.165) is 19.5 Å². The first-order valence-corrected chi connectivity index (χ1v) is 10.3. The number of hydrazine groups is 1. The Balaban J connectivity index is 1.61. The van der Waals surface area contributed by atoms with Gasteiger partial charge in [-0.15, -0.1) is 0 Å². The minimum Gasteiger partial charge on any atom is -0.293 e. The molecular weight excluding hydrogens is 324 g/mol. The topological polar surface area (TPSA) is 64.7 Å². The number of sulfonamides is 1. The third-order valence-corrected chi connectivity index (χ3v) is 8.32. The molecule has 1 aromatic carbocycles. The summed E-state index contributed by atoms with van der Waals surface area (Å²) >= 11 is 0. The molecule has 4 rings (SSSR count). The fourth-order valence-electron chi connectivity index (χ4n) is 4.49. The van der Waals surface area contributed by atoms with E-state index in [4.69, 9.17) is 0 Å². The molecule has 2 saturated heterocycles. The molecule has 3 aliphatic heterocycles. The lowest BCUT2D eigenvalue weighted by molar-refractivity contribution is 0.109. The third-order valence-electron chi connectivity index (χ3n) is 5.76. The highest BCUT2D eigenvalue weighted by atomic mass is 32.2. The molecule has 7 heteroatoms. The van der Waals surface area contributed by atoms with Gasteiger partial charge in [-0.25, -0.2) is 8.42 Å². The van der Waals surface area contributed by atoms with Crippen LogP contribution < -0.4 is 10.9 Å². The van der Waals surface area contributed by atoms with Gasteiger partial charge in [-0.2, -0.15) is 4.31 Å². The lowest BCUT2D eigenvalue weighted by Crippen LogP contribution is -2.56. The van der Waals surface area contributed by atoms with E-state index in [0.29, 0.717) is 13.1 Å². The predicted octanol–water partition coefficient (Wildman–Crippen LogP) is 0.485. The maximum atomic E-state index is 13.2. The van der Waals surface area contributed by atoms with Crippen molar-refractivity contribution in [3.63, 3.8) is 0 Å². The Labute approximate surface area is 144 Å². The molecule has 3 heterocycles. The van der Waals surface area contributed by atoms with Crippen LogP contribution in [0.3, 0.4) is 0 Å². The molecule has 24 heavy (non-hydrogen) atoms. The number of nitrogens with zero attached hydrogens (tertiary/aromatic N) is 2. The summed E-state index contributed by atoms with van der Waals surface area (Å²) in [6.07, 6.45) is 1.06. The second-order valence-corrected chi connectivity index (χ2v) is 9.32. The Morgan fingerprint density at radius 1 is 1.04 bits per heavy atom. The first kappa shape index (κ1) is 16.5. The molecular formula is C17H26N4O2S. The zero-order chi connectivity index (χ0) is 16.9. The van der Waals surface area contributed by atoms with Gasteiger partial charge in [0.15, 0.2) is 0 Å². The second-order valence-electron chi connectivity index (χ2n) is 7.23. The molecule has 3 unspecified atom stereocenters. The minimum absolute atomic E-state index is 0.0818. The molecule has 0 radical (unpaired) electrons. The lowest BCUT2D eigenvalue weighted by Gasteiger charge is -2.45. The zero-order valence-electron chi connectivity index (χ0n) is 14.3. The summed E-state index contributed by atoms with van der Waals surface area (Å²) in [4.78, 5) is 2.44. The summed E-state index contributed by atoms with van der Waals surface area (Å²) in [6.45, 7) is 6.87. The molecule has 3 aliphatic rings. The van der Waals surface area contributed by atoms with Crippen molar-refractivity contribution in [2.24, 2.45) is 0 Å². The van der Waals surface area contributed by atoms with Crippen molar-refractivity contribution in [3.05, 3.63) is 35.4 Å². The van der Waals surface area contributed by atoms with Gasteiger partial charge in [-0.3, -0.25) is 15.8 Å². The average molecular weight is 350 g/mol. The Morgan fingerprint density at radius 3 is 2.50 bits per heavy atom. The fourth-order valence-corrected chi connectivity index (χ4v) is 6.69. The van der Waals surface area contributed by atoms with Crippen LogP contribution in [-0.2, 0) is 16.4 Å². The normalized spacial score (nSPS) is 34.8. The monoisotopic (exact) mass is 350 g/mol. The summed E-state index contributed by atoms with van der Waals surface area (Å²) in [5.41, 5.74) is 8.80. The summed E-state index contributed by atoms with van der Waals surface area (Å²) in [6, 6.07) is 8.49. The van der Waals surface area contributed by atoms with Gasteiger partial charge in [-0.05, 0) is 31.4 Å². The average Bonchev–Trinajstić information content (AvgIpc) is 2.93. The molecule has 0 bridgehead atoms. The van der Waals surface area contributed by atoms with E-state index in [-0.39, 0.29) is 18.1 Å². The molecule has 0 saturated carbocycles. The summed E-state index contributed by atoms with van der Waals surface area (Å²) in [5.74, 6) is 0. The van der Waals surface area contributed by atoms with Crippen LogP contribution in [0.4, 0.5) is 0 Å². The third kappa shape index (κ3) is 2.59. The van der Waals surface area contributed by atoms with Crippen LogP contribution in [-0.4, -0.2) is 61.1 Å². The van der Waals surface area contributed by atoms with Crippen LogP contribution in [0.1, 0.15) is 31.0 Å². The molecule has 0 spiro atoms. The summed E-state index contributed by atoms with van der Waals surface area (Å²) in [5, 5.41) is -0.414. The van der Waals surface area contributed by atoms with E-state index in [1.165, 1.54) is 11.1 Å². The smallest absolute Gasteiger partial charge is 0.220 e. The van der Waals surface area contributed by atoms with Crippen LogP contribution in [0.25, 0.3) is 0 Å². The van der Waals surface area contributed by atoms with Crippen molar-refractivity contribution in [2.45, 2.75) is 43.6 Å². The quantitative estimate of drug-likeness (QED) is 0.813. The number of piperazine rings is 1. The van der Waals surface area contributed by atoms with E-state index < -0.39 is 15.3 Å². The van der Waals surface area contributed by atoms with E-state index in [9.17, 15) is 8.42 Å². The number of nitrogens with one attached hydrogen (secondary N) is 2. The molecule has 6 nitrogen and oxygen atoms in total. The number of rotatable bonds is 2. The molecule has 1 aromatic rings. The van der Waals surface area contributed by atoms with Crippen molar-refractivity contribution in [1.29, 1.82) is 0 Å². The fraction of sp³-hybridized carbons (Fsp3) is 0.647. The SMILES string of the molecule is CC1NNC(C)C1S(=O)(=O)N1CCN2CCc3ccccc3C2C1. The highest BCUT2D eigenvalue weighted by molar-refractivity contribution is 7.89. The predicted molar refractivity (Wildman–Crippen MR) is 93.9 cm³/mol. The summed E-state index contributed by atoms with van der Waals surface area (Å²) < 4.78 is 28.2. The molecule has 0 aliphatic carbocycles. The molecule has 2 fully saturated rings. The van der Waals surface area contributed by atoms with Crippen LogP contribution >= 0.6 is 0 Å². The van der Waals surface area contributed by atoms with E-state index in [1.54, 1.807) is 4.31 Å². The molecule has 3 atom stereocenters. The maximum absolute atomic E-state index is 13.2. The molecule has 0 amide bonds. The van der Waals surface area contributed by atoms with Gasteiger partial charge < -0.3 is 0 Å². The lowest BCUT2D eigenvalue weighted by atomic mass is 9.91. The number of hydrogen-bond acceptors (Lipinski definition) is 5. The van der Waals surface area contributed by atoms with Crippen molar-refractivity contribution >= 4 is 10.0 Å². The van der Waals surface area contributed by atoms with Crippen molar-refractivity contribution in [2.75, 3.05) is 26.2 Å². The van der Waals surface area contributed by atoms with Gasteiger partial charge in [0.2, 0.25) is 10.0 Å². The van der Waals surface area contributed by atoms with Crippen molar-refractivity contribution in [1.82, 2.24) is 20.1 Å². The molecule has 2 N–H and O–H groups in total.